The van der Waals surface area contributed by atoms with Crippen LogP contribution < -0.4 is 4.90 Å². The molecule has 1 saturated carbocycles. The highest BCUT2D eigenvalue weighted by Crippen LogP contribution is 2.54. The van der Waals surface area contributed by atoms with Crippen molar-refractivity contribution in [3.63, 3.8) is 0 Å². The van der Waals surface area contributed by atoms with Crippen LogP contribution in [0.4, 0.5) is 0 Å². The molecule has 2 unspecified atom stereocenters. The van der Waals surface area contributed by atoms with E-state index in [0.29, 0.717) is 22.2 Å². The molecule has 1 aromatic rings. The number of nitrogens with zero attached hydrogens (tertiary/aromatic N) is 3. The van der Waals surface area contributed by atoms with Crippen molar-refractivity contribution in [2.24, 2.45) is 17.3 Å². The summed E-state index contributed by atoms with van der Waals surface area (Å²) in [7, 11) is 0. The minimum atomic E-state index is -1.79. The Hall–Kier alpha value is -2.36. The molecule has 0 aromatic heterocycles. The van der Waals surface area contributed by atoms with Gasteiger partial charge in [-0.25, -0.2) is 0 Å². The molecule has 0 amide bonds. The van der Waals surface area contributed by atoms with Crippen LogP contribution in [0.2, 0.25) is 10.0 Å². The highest BCUT2D eigenvalue weighted by atomic mass is 35.5. The molecule has 1 aliphatic carbocycles. The van der Waals surface area contributed by atoms with Crippen LogP contribution in [0, 0.1) is 56.7 Å². The van der Waals surface area contributed by atoms with Crippen LogP contribution in [0.3, 0.4) is 0 Å². The Kier molecular flexibility index (Phi) is 5.78. The molecule has 0 saturated heterocycles. The summed E-state index contributed by atoms with van der Waals surface area (Å²) in [6.45, 7) is 4.49. The molecule has 3 rings (SSSR count). The Morgan fingerprint density at radius 2 is 1.86 bits per heavy atom. The summed E-state index contributed by atoms with van der Waals surface area (Å²) in [5.41, 5.74) is -0.633. The summed E-state index contributed by atoms with van der Waals surface area (Å²) in [4.78, 5) is 1.32. The maximum atomic E-state index is 10.1. The zero-order chi connectivity index (χ0) is 20.5. The minimum absolute atomic E-state index is 0.178. The summed E-state index contributed by atoms with van der Waals surface area (Å²) < 4.78 is 0. The number of quaternary nitrogens is 1. The fourth-order valence-corrected chi connectivity index (χ4v) is 5.27. The maximum absolute atomic E-state index is 10.1. The molecule has 142 valence electrons. The van der Waals surface area contributed by atoms with Crippen molar-refractivity contribution in [1.29, 1.82) is 21.2 Å². The van der Waals surface area contributed by atoms with Crippen molar-refractivity contribution < 1.29 is 4.90 Å². The van der Waals surface area contributed by atoms with E-state index in [1.54, 1.807) is 18.2 Å². The third-order valence-corrected chi connectivity index (χ3v) is 6.53. The third kappa shape index (κ3) is 2.99. The molecule has 1 aliphatic heterocycles. The molecule has 1 aromatic carbocycles. The first-order valence-electron chi connectivity index (χ1n) is 9.23. The number of nitriles is 3. The Balaban J connectivity index is 2.29. The first-order valence-corrected chi connectivity index (χ1v) is 9.99. The van der Waals surface area contributed by atoms with Gasteiger partial charge < -0.3 is 10.3 Å². The standard InChI is InChI=1S/C21H19Cl2N5/c1-2-7-28-8-6-13-14(9-24)20(27)21(11-25,12-26)19(15(13)10-28)18-16(22)4-3-5-17(18)23/h3-6,14-15,19,27H,2,7-8,10H2,1H3/p+1/t14?,15-,19+/m0/s1. The average Bonchev–Trinajstić information content (AvgIpc) is 2.69. The molecule has 28 heavy (non-hydrogen) atoms. The molecule has 0 spiro atoms. The first kappa shape index (κ1) is 20.4. The molecule has 1 fully saturated rings. The lowest BCUT2D eigenvalue weighted by Gasteiger charge is -2.46. The summed E-state index contributed by atoms with van der Waals surface area (Å²) in [5, 5.41) is 39.2. The van der Waals surface area contributed by atoms with E-state index in [4.69, 9.17) is 28.6 Å². The highest BCUT2D eigenvalue weighted by Gasteiger charge is 2.59. The van der Waals surface area contributed by atoms with Gasteiger partial charge in [0, 0.05) is 21.9 Å². The minimum Gasteiger partial charge on any atom is -0.331 e. The summed E-state index contributed by atoms with van der Waals surface area (Å²) in [5.74, 6) is -1.82. The molecule has 2 N–H and O–H groups in total. The van der Waals surface area contributed by atoms with Gasteiger partial charge in [0.2, 0.25) is 0 Å². The predicted molar refractivity (Wildman–Crippen MR) is 107 cm³/mol. The second-order valence-corrected chi connectivity index (χ2v) is 8.15. The van der Waals surface area contributed by atoms with Gasteiger partial charge in [0.05, 0.1) is 43.6 Å². The van der Waals surface area contributed by atoms with Crippen LogP contribution >= 0.6 is 23.2 Å². The van der Waals surface area contributed by atoms with Crippen LogP contribution in [0.25, 0.3) is 0 Å². The highest BCUT2D eigenvalue weighted by molar-refractivity contribution is 6.36. The van der Waals surface area contributed by atoms with Crippen molar-refractivity contribution in [3.05, 3.63) is 45.5 Å². The van der Waals surface area contributed by atoms with Gasteiger partial charge in [0.25, 0.3) is 0 Å². The fourth-order valence-electron chi connectivity index (χ4n) is 4.64. The van der Waals surface area contributed by atoms with Crippen LogP contribution in [0.1, 0.15) is 24.8 Å². The molecule has 1 heterocycles. The number of hydrogen-bond acceptors (Lipinski definition) is 4. The van der Waals surface area contributed by atoms with Gasteiger partial charge in [-0.3, -0.25) is 0 Å². The average molecular weight is 413 g/mol. The smallest absolute Gasteiger partial charge is 0.190 e. The monoisotopic (exact) mass is 412 g/mol. The zero-order valence-corrected chi connectivity index (χ0v) is 17.0. The van der Waals surface area contributed by atoms with Crippen molar-refractivity contribution in [2.75, 3.05) is 19.6 Å². The molecule has 7 heteroatoms. The van der Waals surface area contributed by atoms with E-state index in [-0.39, 0.29) is 11.6 Å². The van der Waals surface area contributed by atoms with Gasteiger partial charge in [-0.2, -0.15) is 15.8 Å². The van der Waals surface area contributed by atoms with Crippen molar-refractivity contribution in [1.82, 2.24) is 0 Å². The summed E-state index contributed by atoms with van der Waals surface area (Å²) in [6.07, 6.45) is 3.01. The SMILES string of the molecule is CCC[NH+]1CC=C2C(C#N)C(=N)C(C#N)(C#N)[C@@H](c3c(Cl)cccc3Cl)[C@H]2C1. The lowest BCUT2D eigenvalue weighted by molar-refractivity contribution is -0.899. The number of halogens is 2. The number of benzene rings is 1. The topological polar surface area (TPSA) is 99.7 Å². The van der Waals surface area contributed by atoms with E-state index < -0.39 is 17.3 Å². The normalized spacial score (nSPS) is 28.3. The number of fused-ring (bicyclic) bond motifs is 1. The quantitative estimate of drug-likeness (QED) is 0.745. The number of nitrogens with one attached hydrogen (secondary N) is 2. The van der Waals surface area contributed by atoms with Crippen LogP contribution in [-0.2, 0) is 0 Å². The van der Waals surface area contributed by atoms with E-state index in [1.165, 1.54) is 4.90 Å². The van der Waals surface area contributed by atoms with E-state index in [9.17, 15) is 15.8 Å². The van der Waals surface area contributed by atoms with Crippen LogP contribution in [0.15, 0.2) is 29.8 Å². The Labute approximate surface area is 174 Å². The predicted octanol–water partition coefficient (Wildman–Crippen LogP) is 3.13. The summed E-state index contributed by atoms with van der Waals surface area (Å²) >= 11 is 13.0. The number of hydrogen-bond donors (Lipinski definition) is 2. The molecule has 0 radical (unpaired) electrons. The Morgan fingerprint density at radius 1 is 1.21 bits per heavy atom. The second-order valence-electron chi connectivity index (χ2n) is 7.34. The van der Waals surface area contributed by atoms with Gasteiger partial charge in [0.15, 0.2) is 5.41 Å². The van der Waals surface area contributed by atoms with E-state index in [2.05, 4.69) is 25.1 Å². The zero-order valence-electron chi connectivity index (χ0n) is 15.5. The third-order valence-electron chi connectivity index (χ3n) is 5.87. The molecule has 5 nitrogen and oxygen atoms in total. The van der Waals surface area contributed by atoms with E-state index in [0.717, 1.165) is 25.1 Å². The van der Waals surface area contributed by atoms with Crippen molar-refractivity contribution >= 4 is 28.9 Å². The van der Waals surface area contributed by atoms with Crippen molar-refractivity contribution in [2.45, 2.75) is 19.3 Å². The maximum Gasteiger partial charge on any atom is 0.190 e. The fraction of sp³-hybridized carbons (Fsp3) is 0.429. The van der Waals surface area contributed by atoms with Crippen LogP contribution in [-0.4, -0.2) is 25.3 Å². The second kappa shape index (κ2) is 7.94. The Bertz CT molecular complexity index is 928. The van der Waals surface area contributed by atoms with E-state index in [1.807, 2.05) is 6.08 Å². The number of rotatable bonds is 3. The largest absolute Gasteiger partial charge is 0.331 e. The summed E-state index contributed by atoms with van der Waals surface area (Å²) in [6, 6.07) is 11.4. The molecular weight excluding hydrogens is 393 g/mol. The Morgan fingerprint density at radius 3 is 2.39 bits per heavy atom. The van der Waals surface area contributed by atoms with Gasteiger partial charge >= 0.3 is 0 Å². The lowest BCUT2D eigenvalue weighted by atomic mass is 9.54. The molecular formula is C21H20Cl2N5+. The van der Waals surface area contributed by atoms with Gasteiger partial charge in [-0.15, -0.1) is 0 Å². The van der Waals surface area contributed by atoms with Gasteiger partial charge in [-0.1, -0.05) is 36.2 Å². The van der Waals surface area contributed by atoms with E-state index >= 15 is 0 Å². The molecule has 0 bridgehead atoms. The first-order chi connectivity index (χ1) is 13.4. The lowest BCUT2D eigenvalue weighted by Crippen LogP contribution is -3.13. The van der Waals surface area contributed by atoms with Gasteiger partial charge in [-0.05, 0) is 35.8 Å². The van der Waals surface area contributed by atoms with Gasteiger partial charge in [0.1, 0.15) is 5.92 Å². The molecule has 4 atom stereocenters. The van der Waals surface area contributed by atoms with Crippen LogP contribution in [0.5, 0.6) is 0 Å². The molecule has 2 aliphatic rings. The van der Waals surface area contributed by atoms with Crippen molar-refractivity contribution in [3.8, 4) is 18.2 Å².